The fourth-order valence-corrected chi connectivity index (χ4v) is 2.78. The van der Waals surface area contributed by atoms with Crippen molar-refractivity contribution in [2.75, 3.05) is 19.6 Å². The molecule has 8 heteroatoms. The molecule has 0 radical (unpaired) electrons. The molecule has 0 bridgehead atoms. The van der Waals surface area contributed by atoms with E-state index in [0.717, 1.165) is 29.8 Å². The van der Waals surface area contributed by atoms with E-state index in [1.807, 2.05) is 44.2 Å². The Bertz CT molecular complexity index is 962. The maximum absolute atomic E-state index is 12.0. The average Bonchev–Trinajstić information content (AvgIpc) is 3.41. The van der Waals surface area contributed by atoms with Crippen LogP contribution in [0.25, 0.3) is 11.5 Å². The van der Waals surface area contributed by atoms with E-state index < -0.39 is 0 Å². The van der Waals surface area contributed by atoms with Crippen molar-refractivity contribution in [1.29, 1.82) is 0 Å². The second-order valence-electron chi connectivity index (χ2n) is 6.67. The number of benzene rings is 1. The van der Waals surface area contributed by atoms with E-state index >= 15 is 0 Å². The van der Waals surface area contributed by atoms with Gasteiger partial charge in [0.05, 0.1) is 12.8 Å². The molecule has 0 atom stereocenters. The number of nitrogens with zero attached hydrogens (tertiary/aromatic N) is 2. The maximum Gasteiger partial charge on any atom is 0.287 e. The first kappa shape index (κ1) is 21.2. The molecule has 0 aliphatic heterocycles. The fraction of sp³-hybridized carbons (Fsp3) is 0.318. The number of nitrogens with one attached hydrogen (secondary N) is 3. The Hall–Kier alpha value is -3.55. The first-order chi connectivity index (χ1) is 14.7. The molecule has 2 heterocycles. The van der Waals surface area contributed by atoms with E-state index in [9.17, 15) is 4.79 Å². The number of guanidine groups is 1. The fourth-order valence-electron chi connectivity index (χ4n) is 2.78. The number of aryl methyl sites for hydroxylation is 1. The van der Waals surface area contributed by atoms with Crippen molar-refractivity contribution in [3.8, 4) is 11.5 Å². The Labute approximate surface area is 175 Å². The Kier molecular flexibility index (Phi) is 7.65. The standard InChI is InChI=1S/C22H27N5O3/c1-3-23-22(25-12-7-11-24-20(28)19-16(2)10-13-29-19)26-14-18-15-30-21(27-18)17-8-5-4-6-9-17/h4-6,8-10,13,15H,3,7,11-12,14H2,1-2H3,(H,24,28)(H2,23,25,26). The monoisotopic (exact) mass is 409 g/mol. The number of furan rings is 1. The summed E-state index contributed by atoms with van der Waals surface area (Å²) in [5, 5.41) is 9.31. The van der Waals surface area contributed by atoms with Gasteiger partial charge in [-0.2, -0.15) is 0 Å². The minimum Gasteiger partial charge on any atom is -0.459 e. The smallest absolute Gasteiger partial charge is 0.287 e. The van der Waals surface area contributed by atoms with Crippen LogP contribution in [-0.4, -0.2) is 36.5 Å². The van der Waals surface area contributed by atoms with Crippen molar-refractivity contribution >= 4 is 11.9 Å². The molecule has 2 aromatic heterocycles. The molecule has 0 saturated carbocycles. The summed E-state index contributed by atoms with van der Waals surface area (Å²) in [6.07, 6.45) is 3.89. The number of aromatic nitrogens is 1. The lowest BCUT2D eigenvalue weighted by molar-refractivity contribution is 0.0925. The van der Waals surface area contributed by atoms with E-state index in [4.69, 9.17) is 8.83 Å². The highest BCUT2D eigenvalue weighted by molar-refractivity contribution is 5.92. The van der Waals surface area contributed by atoms with Crippen LogP contribution in [0.3, 0.4) is 0 Å². The van der Waals surface area contributed by atoms with Gasteiger partial charge < -0.3 is 24.8 Å². The largest absolute Gasteiger partial charge is 0.459 e. The van der Waals surface area contributed by atoms with E-state index in [1.165, 1.54) is 6.26 Å². The van der Waals surface area contributed by atoms with Crippen LogP contribution < -0.4 is 16.0 Å². The minimum absolute atomic E-state index is 0.196. The van der Waals surface area contributed by atoms with Gasteiger partial charge in [0.15, 0.2) is 11.7 Å². The van der Waals surface area contributed by atoms with Crippen molar-refractivity contribution in [3.05, 3.63) is 65.9 Å². The Morgan fingerprint density at radius 1 is 1.07 bits per heavy atom. The van der Waals surface area contributed by atoms with Crippen molar-refractivity contribution in [2.45, 2.75) is 26.8 Å². The zero-order chi connectivity index (χ0) is 21.2. The quantitative estimate of drug-likeness (QED) is 0.285. The summed E-state index contributed by atoms with van der Waals surface area (Å²) < 4.78 is 10.7. The number of oxazole rings is 1. The van der Waals surface area contributed by atoms with Gasteiger partial charge in [-0.15, -0.1) is 0 Å². The Balaban J connectivity index is 1.44. The molecule has 3 aromatic rings. The van der Waals surface area contributed by atoms with Gasteiger partial charge in [-0.25, -0.2) is 9.98 Å². The molecular weight excluding hydrogens is 382 g/mol. The van der Waals surface area contributed by atoms with Crippen LogP contribution >= 0.6 is 0 Å². The molecular formula is C22H27N5O3. The third-order valence-corrected chi connectivity index (χ3v) is 4.32. The van der Waals surface area contributed by atoms with Gasteiger partial charge in [-0.3, -0.25) is 4.79 Å². The lowest BCUT2D eigenvalue weighted by Gasteiger charge is -2.11. The predicted molar refractivity (Wildman–Crippen MR) is 115 cm³/mol. The number of amides is 1. The summed E-state index contributed by atoms with van der Waals surface area (Å²) in [6, 6.07) is 11.5. The van der Waals surface area contributed by atoms with Gasteiger partial charge in [0, 0.05) is 30.8 Å². The molecule has 3 rings (SSSR count). The first-order valence-electron chi connectivity index (χ1n) is 10.0. The molecule has 0 aliphatic carbocycles. The van der Waals surface area contributed by atoms with Crippen LogP contribution in [0.2, 0.25) is 0 Å². The summed E-state index contributed by atoms with van der Waals surface area (Å²) >= 11 is 0. The molecule has 8 nitrogen and oxygen atoms in total. The molecule has 1 amide bonds. The predicted octanol–water partition coefficient (Wildman–Crippen LogP) is 3.12. The van der Waals surface area contributed by atoms with Crippen LogP contribution in [0.5, 0.6) is 0 Å². The third kappa shape index (κ3) is 5.97. The van der Waals surface area contributed by atoms with Gasteiger partial charge in [0.1, 0.15) is 12.0 Å². The second-order valence-corrected chi connectivity index (χ2v) is 6.67. The van der Waals surface area contributed by atoms with Gasteiger partial charge in [0.2, 0.25) is 5.89 Å². The van der Waals surface area contributed by atoms with Crippen LogP contribution in [0.1, 0.15) is 35.2 Å². The summed E-state index contributed by atoms with van der Waals surface area (Å²) in [5.41, 5.74) is 2.52. The van der Waals surface area contributed by atoms with Crippen LogP contribution in [0.4, 0.5) is 0 Å². The third-order valence-electron chi connectivity index (χ3n) is 4.32. The molecule has 158 valence electrons. The summed E-state index contributed by atoms with van der Waals surface area (Å²) in [7, 11) is 0. The second kappa shape index (κ2) is 10.8. The van der Waals surface area contributed by atoms with Gasteiger partial charge in [0.25, 0.3) is 5.91 Å². The Morgan fingerprint density at radius 2 is 1.87 bits per heavy atom. The number of carbonyl (C=O) groups excluding carboxylic acids is 1. The van der Waals surface area contributed by atoms with Crippen LogP contribution in [-0.2, 0) is 6.54 Å². The van der Waals surface area contributed by atoms with Crippen LogP contribution in [0.15, 0.2) is 62.8 Å². The number of aliphatic imine (C=N–C) groups is 1. The molecule has 0 fully saturated rings. The number of hydrogen-bond donors (Lipinski definition) is 3. The molecule has 30 heavy (non-hydrogen) atoms. The van der Waals surface area contributed by atoms with Gasteiger partial charge in [-0.1, -0.05) is 18.2 Å². The first-order valence-corrected chi connectivity index (χ1v) is 10.0. The average molecular weight is 409 g/mol. The van der Waals surface area contributed by atoms with Crippen molar-refractivity contribution in [2.24, 2.45) is 4.99 Å². The van der Waals surface area contributed by atoms with Crippen LogP contribution in [0, 0.1) is 6.92 Å². The number of hydrogen-bond acceptors (Lipinski definition) is 5. The maximum atomic E-state index is 12.0. The summed E-state index contributed by atoms with van der Waals surface area (Å²) in [6.45, 7) is 6.20. The summed E-state index contributed by atoms with van der Waals surface area (Å²) in [4.78, 5) is 21.0. The molecule has 1 aromatic carbocycles. The normalized spacial score (nSPS) is 11.3. The lowest BCUT2D eigenvalue weighted by Crippen LogP contribution is -2.38. The van der Waals surface area contributed by atoms with Crippen molar-refractivity contribution in [1.82, 2.24) is 20.9 Å². The highest BCUT2D eigenvalue weighted by Gasteiger charge is 2.11. The molecule has 0 saturated heterocycles. The van der Waals surface area contributed by atoms with Crippen molar-refractivity contribution < 1.29 is 13.6 Å². The highest BCUT2D eigenvalue weighted by atomic mass is 16.3. The molecule has 0 aliphatic rings. The van der Waals surface area contributed by atoms with E-state index in [-0.39, 0.29) is 5.91 Å². The lowest BCUT2D eigenvalue weighted by atomic mass is 10.2. The topological polar surface area (TPSA) is 105 Å². The number of carbonyl (C=O) groups is 1. The molecule has 3 N–H and O–H groups in total. The SMILES string of the molecule is CCNC(=NCc1coc(-c2ccccc2)n1)NCCCNC(=O)c1occc1C. The van der Waals surface area contributed by atoms with Crippen molar-refractivity contribution in [3.63, 3.8) is 0 Å². The Morgan fingerprint density at radius 3 is 2.60 bits per heavy atom. The van der Waals surface area contributed by atoms with E-state index in [0.29, 0.717) is 37.2 Å². The number of rotatable bonds is 9. The molecule has 0 spiro atoms. The van der Waals surface area contributed by atoms with Gasteiger partial charge in [-0.05, 0) is 38.5 Å². The van der Waals surface area contributed by atoms with Gasteiger partial charge >= 0.3 is 0 Å². The minimum atomic E-state index is -0.196. The zero-order valence-corrected chi connectivity index (χ0v) is 17.3. The zero-order valence-electron chi connectivity index (χ0n) is 17.3. The summed E-state index contributed by atoms with van der Waals surface area (Å²) in [5.74, 6) is 1.44. The molecule has 0 unspecified atom stereocenters. The van der Waals surface area contributed by atoms with E-state index in [2.05, 4.69) is 25.9 Å². The van der Waals surface area contributed by atoms with E-state index in [1.54, 1.807) is 12.3 Å². The highest BCUT2D eigenvalue weighted by Crippen LogP contribution is 2.18.